The number of thiophene rings is 1. The maximum Gasteiger partial charge on any atom is 0.490 e. The summed E-state index contributed by atoms with van der Waals surface area (Å²) in [6.45, 7) is 0. The average Bonchev–Trinajstić information content (AvgIpc) is 3.46. The molecular weight excluding hydrogens is 481 g/mol. The number of carbonyl (C=O) groups excluding carboxylic acids is 1. The normalized spacial score (nSPS) is 11.2. The van der Waals surface area contributed by atoms with Crippen molar-refractivity contribution < 1.29 is 27.9 Å². The van der Waals surface area contributed by atoms with E-state index >= 15 is 0 Å². The summed E-state index contributed by atoms with van der Waals surface area (Å²) in [6, 6.07) is 20.0. The van der Waals surface area contributed by atoms with Crippen molar-refractivity contribution in [1.82, 2.24) is 15.2 Å². The van der Waals surface area contributed by atoms with Gasteiger partial charge >= 0.3 is 12.1 Å². The van der Waals surface area contributed by atoms with Crippen LogP contribution in [0.25, 0.3) is 31.4 Å². The van der Waals surface area contributed by atoms with Crippen LogP contribution in [0.15, 0.2) is 73.1 Å². The zero-order valence-corrected chi connectivity index (χ0v) is 18.7. The van der Waals surface area contributed by atoms with Crippen LogP contribution in [0, 0.1) is 0 Å². The Morgan fingerprint density at radius 2 is 1.77 bits per heavy atom. The van der Waals surface area contributed by atoms with Gasteiger partial charge in [0.05, 0.1) is 18.1 Å². The van der Waals surface area contributed by atoms with Crippen molar-refractivity contribution in [2.75, 3.05) is 5.32 Å². The second kappa shape index (κ2) is 9.94. The Kier molecular flexibility index (Phi) is 6.78. The first-order valence-electron chi connectivity index (χ1n) is 10.2. The van der Waals surface area contributed by atoms with E-state index < -0.39 is 12.1 Å². The fraction of sp³-hybridized carbons (Fsp3) is 0.0833. The van der Waals surface area contributed by atoms with Crippen LogP contribution in [0.2, 0.25) is 0 Å². The fourth-order valence-electron chi connectivity index (χ4n) is 3.31. The zero-order valence-electron chi connectivity index (χ0n) is 17.8. The van der Waals surface area contributed by atoms with Gasteiger partial charge in [0.2, 0.25) is 5.91 Å². The molecule has 2 aromatic carbocycles. The molecule has 5 aromatic rings. The first-order valence-corrected chi connectivity index (χ1v) is 11.0. The van der Waals surface area contributed by atoms with Crippen LogP contribution in [0.1, 0.15) is 5.69 Å². The highest BCUT2D eigenvalue weighted by atomic mass is 32.1. The standard InChI is InChI=1S/C22H16N4OS.C2HF3O2/c27-21(12-16-6-3-4-8-23-16)25-17-9-15-13-24-26-22(15)18(11-17)20-10-14-5-1-2-7-19(14)28-20;3-2(4,5)1(6)7/h1-11,13H,12H2,(H,24,26)(H,25,27);(H,6,7). The van der Waals surface area contributed by atoms with Gasteiger partial charge in [0.25, 0.3) is 0 Å². The molecule has 0 aliphatic carbocycles. The zero-order chi connectivity index (χ0) is 25.0. The van der Waals surface area contributed by atoms with Gasteiger partial charge in [-0.25, -0.2) is 4.79 Å². The summed E-state index contributed by atoms with van der Waals surface area (Å²) in [6.07, 6.45) is -1.37. The van der Waals surface area contributed by atoms with Crippen LogP contribution < -0.4 is 5.32 Å². The molecule has 35 heavy (non-hydrogen) atoms. The lowest BCUT2D eigenvalue weighted by molar-refractivity contribution is -0.192. The Hall–Kier alpha value is -4.25. The minimum atomic E-state index is -5.08. The number of benzene rings is 2. The third kappa shape index (κ3) is 5.82. The summed E-state index contributed by atoms with van der Waals surface area (Å²) >= 11 is 1.73. The molecule has 11 heteroatoms. The van der Waals surface area contributed by atoms with Crippen LogP contribution >= 0.6 is 11.3 Å². The van der Waals surface area contributed by atoms with E-state index in [0.717, 1.165) is 32.7 Å². The predicted molar refractivity (Wildman–Crippen MR) is 127 cm³/mol. The van der Waals surface area contributed by atoms with E-state index in [1.807, 2.05) is 42.5 Å². The van der Waals surface area contributed by atoms with Gasteiger partial charge in [-0.3, -0.25) is 14.9 Å². The number of hydrogen-bond donors (Lipinski definition) is 3. The quantitative estimate of drug-likeness (QED) is 0.297. The average molecular weight is 498 g/mol. The molecule has 3 aromatic heterocycles. The molecule has 3 heterocycles. The maximum absolute atomic E-state index is 12.5. The van der Waals surface area contributed by atoms with E-state index in [9.17, 15) is 18.0 Å². The molecule has 7 nitrogen and oxygen atoms in total. The number of amides is 1. The van der Waals surface area contributed by atoms with Gasteiger partial charge in [-0.05, 0) is 41.8 Å². The molecule has 3 N–H and O–H groups in total. The van der Waals surface area contributed by atoms with E-state index in [4.69, 9.17) is 9.90 Å². The lowest BCUT2D eigenvalue weighted by Gasteiger charge is -2.08. The van der Waals surface area contributed by atoms with Crippen molar-refractivity contribution >= 4 is 49.9 Å². The number of aliphatic carboxylic acids is 1. The number of carboxylic acids is 1. The van der Waals surface area contributed by atoms with Crippen LogP contribution in [0.3, 0.4) is 0 Å². The predicted octanol–water partition coefficient (Wildman–Crippen LogP) is 5.65. The van der Waals surface area contributed by atoms with Gasteiger partial charge in [-0.15, -0.1) is 11.3 Å². The smallest absolute Gasteiger partial charge is 0.475 e. The lowest BCUT2D eigenvalue weighted by atomic mass is 10.1. The summed E-state index contributed by atoms with van der Waals surface area (Å²) in [5.74, 6) is -2.85. The molecule has 0 fully saturated rings. The number of rotatable bonds is 4. The topological polar surface area (TPSA) is 108 Å². The SMILES string of the molecule is O=C(Cc1ccccn1)Nc1cc(-c2cc3ccccc3s2)c2[nH]ncc2c1.O=C(O)C(F)(F)F. The molecule has 0 radical (unpaired) electrons. The highest BCUT2D eigenvalue weighted by Crippen LogP contribution is 2.38. The summed E-state index contributed by atoms with van der Waals surface area (Å²) in [5.41, 5.74) is 3.50. The van der Waals surface area contributed by atoms with Crippen molar-refractivity contribution in [2.45, 2.75) is 12.6 Å². The molecule has 0 aliphatic rings. The van der Waals surface area contributed by atoms with Crippen LogP contribution in [0.4, 0.5) is 18.9 Å². The van der Waals surface area contributed by atoms with Crippen molar-refractivity contribution in [3.63, 3.8) is 0 Å². The molecule has 1 amide bonds. The van der Waals surface area contributed by atoms with Crippen molar-refractivity contribution in [2.24, 2.45) is 0 Å². The largest absolute Gasteiger partial charge is 0.490 e. The van der Waals surface area contributed by atoms with E-state index in [2.05, 4.69) is 38.7 Å². The highest BCUT2D eigenvalue weighted by Gasteiger charge is 2.38. The number of fused-ring (bicyclic) bond motifs is 2. The number of H-pyrrole nitrogens is 1. The molecule has 0 spiro atoms. The minimum absolute atomic E-state index is 0.0937. The third-order valence-corrected chi connectivity index (χ3v) is 5.98. The second-order valence-corrected chi connectivity index (χ2v) is 8.44. The first kappa shape index (κ1) is 23.9. The molecule has 0 unspecified atom stereocenters. The van der Waals surface area contributed by atoms with E-state index in [0.29, 0.717) is 0 Å². The number of aromatic amines is 1. The number of aromatic nitrogens is 3. The van der Waals surface area contributed by atoms with Crippen molar-refractivity contribution in [3.05, 3.63) is 78.8 Å². The van der Waals surface area contributed by atoms with Crippen LogP contribution in [0.5, 0.6) is 0 Å². The maximum atomic E-state index is 12.5. The highest BCUT2D eigenvalue weighted by molar-refractivity contribution is 7.22. The number of halogens is 3. The molecule has 0 bridgehead atoms. The Bertz CT molecular complexity index is 1460. The second-order valence-electron chi connectivity index (χ2n) is 7.36. The van der Waals surface area contributed by atoms with Gasteiger partial charge in [0.1, 0.15) is 0 Å². The Balaban J connectivity index is 0.000000364. The molecule has 0 aliphatic heterocycles. The third-order valence-electron chi connectivity index (χ3n) is 4.83. The molecule has 0 saturated heterocycles. The van der Waals surface area contributed by atoms with E-state index in [1.165, 1.54) is 10.1 Å². The first-order chi connectivity index (χ1) is 16.7. The fourth-order valence-corrected chi connectivity index (χ4v) is 4.40. The van der Waals surface area contributed by atoms with Gasteiger partial charge in [0, 0.05) is 38.1 Å². The molecule has 5 rings (SSSR count). The van der Waals surface area contributed by atoms with Crippen molar-refractivity contribution in [3.8, 4) is 10.4 Å². The van der Waals surface area contributed by atoms with E-state index in [-0.39, 0.29) is 12.3 Å². The molecule has 178 valence electrons. The number of carbonyl (C=O) groups is 2. The minimum Gasteiger partial charge on any atom is -0.475 e. The summed E-state index contributed by atoms with van der Waals surface area (Å²) in [4.78, 5) is 26.7. The molecule has 0 atom stereocenters. The summed E-state index contributed by atoms with van der Waals surface area (Å²) < 4.78 is 33.0. The van der Waals surface area contributed by atoms with Gasteiger partial charge in [-0.1, -0.05) is 24.3 Å². The summed E-state index contributed by atoms with van der Waals surface area (Å²) in [5, 5.41) is 19.6. The van der Waals surface area contributed by atoms with Gasteiger partial charge in [-0.2, -0.15) is 18.3 Å². The van der Waals surface area contributed by atoms with Crippen LogP contribution in [-0.4, -0.2) is 38.3 Å². The van der Waals surface area contributed by atoms with E-state index in [1.54, 1.807) is 23.7 Å². The number of alkyl halides is 3. The lowest BCUT2D eigenvalue weighted by Crippen LogP contribution is -2.21. The number of nitrogens with zero attached hydrogens (tertiary/aromatic N) is 2. The number of nitrogens with one attached hydrogen (secondary N) is 2. The number of anilines is 1. The monoisotopic (exact) mass is 498 g/mol. The van der Waals surface area contributed by atoms with Crippen molar-refractivity contribution in [1.29, 1.82) is 0 Å². The Labute approximate surface area is 200 Å². The van der Waals surface area contributed by atoms with Crippen LogP contribution in [-0.2, 0) is 16.0 Å². The molecule has 0 saturated carbocycles. The van der Waals surface area contributed by atoms with Gasteiger partial charge < -0.3 is 10.4 Å². The summed E-state index contributed by atoms with van der Waals surface area (Å²) in [7, 11) is 0. The molecular formula is C24H17F3N4O3S. The number of carboxylic acid groups (broad SMARTS) is 1. The Morgan fingerprint density at radius 3 is 2.46 bits per heavy atom. The Morgan fingerprint density at radius 1 is 1.03 bits per heavy atom. The van der Waals surface area contributed by atoms with Gasteiger partial charge in [0.15, 0.2) is 0 Å². The number of pyridine rings is 1. The number of hydrogen-bond acceptors (Lipinski definition) is 5.